The van der Waals surface area contributed by atoms with Crippen LogP contribution in [0.2, 0.25) is 5.02 Å². The number of amides is 1. The number of piperidine rings is 1. The third-order valence-electron chi connectivity index (χ3n) is 5.74. The fourth-order valence-corrected chi connectivity index (χ4v) is 4.37. The van der Waals surface area contributed by atoms with Crippen molar-refractivity contribution < 1.29 is 23.4 Å². The van der Waals surface area contributed by atoms with Gasteiger partial charge in [0.1, 0.15) is 25.1 Å². The summed E-state index contributed by atoms with van der Waals surface area (Å²) in [5, 5.41) is 0.244. The SMILES string of the molecule is O=C1COCCN1CCC1CCN(C[C@H]2COc3c(Cl)cc(F)cc3O2)CC1. The Morgan fingerprint density at radius 3 is 2.82 bits per heavy atom. The number of hydrogen-bond acceptors (Lipinski definition) is 5. The quantitative estimate of drug-likeness (QED) is 0.744. The fourth-order valence-electron chi connectivity index (χ4n) is 4.11. The molecule has 28 heavy (non-hydrogen) atoms. The molecule has 1 aromatic carbocycles. The second-order valence-corrected chi connectivity index (χ2v) is 8.14. The summed E-state index contributed by atoms with van der Waals surface area (Å²) < 4.78 is 30.3. The second-order valence-electron chi connectivity index (χ2n) is 7.73. The van der Waals surface area contributed by atoms with Crippen LogP contribution in [0.1, 0.15) is 19.3 Å². The summed E-state index contributed by atoms with van der Waals surface area (Å²) in [6.45, 7) is 5.57. The summed E-state index contributed by atoms with van der Waals surface area (Å²) in [6, 6.07) is 2.56. The molecule has 3 aliphatic rings. The summed E-state index contributed by atoms with van der Waals surface area (Å²) in [4.78, 5) is 16.1. The molecule has 3 aliphatic heterocycles. The normalized spacial score (nSPS) is 23.9. The summed E-state index contributed by atoms with van der Waals surface area (Å²) in [6.07, 6.45) is 3.15. The molecular formula is C20H26ClFN2O4. The molecule has 2 fully saturated rings. The standard InChI is InChI=1S/C20H26ClFN2O4/c21-17-9-15(22)10-18-20(17)27-12-16(28-18)11-23-4-1-14(2-5-23)3-6-24-7-8-26-13-19(24)25/h9-10,14,16H,1-8,11-13H2/t16-/m0/s1. The Morgan fingerprint density at radius 1 is 1.21 bits per heavy atom. The molecule has 0 bridgehead atoms. The molecule has 0 spiro atoms. The molecule has 8 heteroatoms. The van der Waals surface area contributed by atoms with Crippen molar-refractivity contribution in [2.45, 2.75) is 25.4 Å². The lowest BCUT2D eigenvalue weighted by Gasteiger charge is -2.36. The maximum Gasteiger partial charge on any atom is 0.248 e. The van der Waals surface area contributed by atoms with E-state index in [1.54, 1.807) is 0 Å². The van der Waals surface area contributed by atoms with Gasteiger partial charge < -0.3 is 19.1 Å². The maximum absolute atomic E-state index is 13.6. The zero-order chi connectivity index (χ0) is 19.5. The number of likely N-dealkylation sites (tertiary alicyclic amines) is 1. The second kappa shape index (κ2) is 8.84. The molecule has 154 valence electrons. The van der Waals surface area contributed by atoms with E-state index in [4.69, 9.17) is 25.8 Å². The number of ether oxygens (including phenoxy) is 3. The van der Waals surface area contributed by atoms with E-state index in [0.29, 0.717) is 37.2 Å². The van der Waals surface area contributed by atoms with E-state index in [-0.39, 0.29) is 23.6 Å². The lowest BCUT2D eigenvalue weighted by Crippen LogP contribution is -2.45. The Hall–Kier alpha value is -1.57. The average molecular weight is 413 g/mol. The number of halogens is 2. The van der Waals surface area contributed by atoms with Crippen LogP contribution in [0.15, 0.2) is 12.1 Å². The van der Waals surface area contributed by atoms with Gasteiger partial charge >= 0.3 is 0 Å². The van der Waals surface area contributed by atoms with Crippen molar-refractivity contribution in [2.75, 3.05) is 52.5 Å². The molecule has 3 heterocycles. The number of benzene rings is 1. The van der Waals surface area contributed by atoms with Gasteiger partial charge in [0, 0.05) is 25.7 Å². The predicted molar refractivity (Wildman–Crippen MR) is 103 cm³/mol. The number of morpholine rings is 1. The predicted octanol–water partition coefficient (Wildman–Crippen LogP) is 2.58. The summed E-state index contributed by atoms with van der Waals surface area (Å²) in [5.41, 5.74) is 0. The van der Waals surface area contributed by atoms with Gasteiger partial charge in [0.05, 0.1) is 11.6 Å². The van der Waals surface area contributed by atoms with Gasteiger partial charge in [-0.2, -0.15) is 0 Å². The highest BCUT2D eigenvalue weighted by Crippen LogP contribution is 2.39. The highest BCUT2D eigenvalue weighted by Gasteiger charge is 2.28. The van der Waals surface area contributed by atoms with Crippen molar-refractivity contribution in [3.8, 4) is 11.5 Å². The van der Waals surface area contributed by atoms with Gasteiger partial charge in [-0.25, -0.2) is 4.39 Å². The van der Waals surface area contributed by atoms with Gasteiger partial charge in [0.25, 0.3) is 0 Å². The number of nitrogens with zero attached hydrogens (tertiary/aromatic N) is 2. The number of rotatable bonds is 5. The first-order valence-electron chi connectivity index (χ1n) is 9.95. The van der Waals surface area contributed by atoms with Crippen molar-refractivity contribution in [3.63, 3.8) is 0 Å². The molecule has 0 aliphatic carbocycles. The monoisotopic (exact) mass is 412 g/mol. The summed E-state index contributed by atoms with van der Waals surface area (Å²) in [5.74, 6) is 1.13. The summed E-state index contributed by atoms with van der Waals surface area (Å²) >= 11 is 6.01. The minimum Gasteiger partial charge on any atom is -0.484 e. The van der Waals surface area contributed by atoms with Crippen molar-refractivity contribution >= 4 is 17.5 Å². The van der Waals surface area contributed by atoms with E-state index in [2.05, 4.69) is 4.90 Å². The lowest BCUT2D eigenvalue weighted by atomic mass is 9.93. The Bertz CT molecular complexity index is 712. The van der Waals surface area contributed by atoms with Crippen LogP contribution in [0.4, 0.5) is 4.39 Å². The van der Waals surface area contributed by atoms with Crippen LogP contribution in [0.5, 0.6) is 11.5 Å². The van der Waals surface area contributed by atoms with E-state index in [1.807, 2.05) is 4.90 Å². The van der Waals surface area contributed by atoms with Crippen molar-refractivity contribution in [3.05, 3.63) is 23.0 Å². The molecule has 4 rings (SSSR count). The largest absolute Gasteiger partial charge is 0.484 e. The molecule has 0 radical (unpaired) electrons. The molecule has 0 aromatic heterocycles. The minimum atomic E-state index is -0.424. The van der Waals surface area contributed by atoms with Gasteiger partial charge in [-0.1, -0.05) is 11.6 Å². The van der Waals surface area contributed by atoms with Crippen LogP contribution in [-0.4, -0.2) is 74.4 Å². The van der Waals surface area contributed by atoms with E-state index in [9.17, 15) is 9.18 Å². The molecule has 6 nitrogen and oxygen atoms in total. The molecule has 1 aromatic rings. The highest BCUT2D eigenvalue weighted by molar-refractivity contribution is 6.32. The lowest BCUT2D eigenvalue weighted by molar-refractivity contribution is -0.142. The third kappa shape index (κ3) is 4.70. The first-order chi connectivity index (χ1) is 13.6. The molecule has 1 amide bonds. The molecular weight excluding hydrogens is 387 g/mol. The molecule has 0 saturated carbocycles. The number of hydrogen-bond donors (Lipinski definition) is 0. The minimum absolute atomic E-state index is 0.106. The van der Waals surface area contributed by atoms with Crippen molar-refractivity contribution in [2.24, 2.45) is 5.92 Å². The third-order valence-corrected chi connectivity index (χ3v) is 6.02. The molecule has 1 atom stereocenters. The van der Waals surface area contributed by atoms with Crippen LogP contribution in [0.3, 0.4) is 0 Å². The van der Waals surface area contributed by atoms with Crippen molar-refractivity contribution in [1.29, 1.82) is 0 Å². The van der Waals surface area contributed by atoms with Crippen LogP contribution in [0.25, 0.3) is 0 Å². The molecule has 0 N–H and O–H groups in total. The Labute approximate surface area is 169 Å². The molecule has 0 unspecified atom stereocenters. The Balaban J connectivity index is 1.21. The zero-order valence-corrected chi connectivity index (χ0v) is 16.6. The van der Waals surface area contributed by atoms with E-state index >= 15 is 0 Å². The Morgan fingerprint density at radius 2 is 2.04 bits per heavy atom. The van der Waals surface area contributed by atoms with Gasteiger partial charge in [0.15, 0.2) is 11.5 Å². The van der Waals surface area contributed by atoms with Crippen LogP contribution < -0.4 is 9.47 Å². The van der Waals surface area contributed by atoms with Gasteiger partial charge in [-0.3, -0.25) is 9.69 Å². The number of carbonyl (C=O) groups is 1. The smallest absolute Gasteiger partial charge is 0.248 e. The van der Waals surface area contributed by atoms with Crippen molar-refractivity contribution in [1.82, 2.24) is 9.80 Å². The first-order valence-corrected chi connectivity index (χ1v) is 10.3. The summed E-state index contributed by atoms with van der Waals surface area (Å²) in [7, 11) is 0. The zero-order valence-electron chi connectivity index (χ0n) is 15.9. The maximum atomic E-state index is 13.6. The topological polar surface area (TPSA) is 51.2 Å². The fraction of sp³-hybridized carbons (Fsp3) is 0.650. The van der Waals surface area contributed by atoms with Crippen LogP contribution in [-0.2, 0) is 9.53 Å². The van der Waals surface area contributed by atoms with E-state index in [1.165, 1.54) is 12.1 Å². The van der Waals surface area contributed by atoms with Crippen LogP contribution in [0, 0.1) is 11.7 Å². The highest BCUT2D eigenvalue weighted by atomic mass is 35.5. The Kier molecular flexibility index (Phi) is 6.23. The van der Waals surface area contributed by atoms with Gasteiger partial charge in [-0.15, -0.1) is 0 Å². The number of fused-ring (bicyclic) bond motifs is 1. The van der Waals surface area contributed by atoms with E-state index < -0.39 is 5.82 Å². The average Bonchev–Trinajstić information content (AvgIpc) is 2.68. The van der Waals surface area contributed by atoms with Gasteiger partial charge in [-0.05, 0) is 44.3 Å². The molecule has 2 saturated heterocycles. The number of carbonyl (C=O) groups excluding carboxylic acids is 1. The van der Waals surface area contributed by atoms with E-state index in [0.717, 1.165) is 45.4 Å². The van der Waals surface area contributed by atoms with Gasteiger partial charge in [0.2, 0.25) is 5.91 Å². The van der Waals surface area contributed by atoms with Crippen LogP contribution >= 0.6 is 11.6 Å². The first kappa shape index (κ1) is 19.7.